The molecule has 6 nitrogen and oxygen atoms in total. The van der Waals surface area contributed by atoms with Crippen molar-refractivity contribution in [1.82, 2.24) is 0 Å². The average molecular weight is 257 g/mol. The van der Waals surface area contributed by atoms with E-state index in [1.165, 1.54) is 6.92 Å². The molecule has 0 radical (unpaired) electrons. The molecule has 0 aromatic carbocycles. The summed E-state index contributed by atoms with van der Waals surface area (Å²) in [6.07, 6.45) is 0.280. The van der Waals surface area contributed by atoms with Gasteiger partial charge in [-0.1, -0.05) is 13.2 Å². The molecule has 3 atom stereocenters. The maximum atomic E-state index is 11.0. The summed E-state index contributed by atoms with van der Waals surface area (Å²) in [5.74, 6) is -1.31. The number of hydrogen-bond donors (Lipinski definition) is 2. The van der Waals surface area contributed by atoms with E-state index in [1.807, 2.05) is 0 Å². The molecule has 0 aliphatic rings. The van der Waals surface area contributed by atoms with E-state index in [-0.39, 0.29) is 6.42 Å². The van der Waals surface area contributed by atoms with Crippen LogP contribution in [0.1, 0.15) is 20.3 Å². The lowest BCUT2D eigenvalue weighted by atomic mass is 10.0. The number of rotatable bonds is 7. The third-order valence-corrected chi connectivity index (χ3v) is 2.26. The van der Waals surface area contributed by atoms with Crippen LogP contribution in [0.2, 0.25) is 0 Å². The van der Waals surface area contributed by atoms with Crippen molar-refractivity contribution < 1.29 is 24.2 Å². The Kier molecular flexibility index (Phi) is 6.29. The summed E-state index contributed by atoms with van der Waals surface area (Å²) < 4.78 is 9.66. The second kappa shape index (κ2) is 6.93. The first-order chi connectivity index (χ1) is 8.22. The van der Waals surface area contributed by atoms with Crippen LogP contribution in [-0.4, -0.2) is 35.0 Å². The Bertz CT molecular complexity index is 337. The molecule has 0 aliphatic heterocycles. The molecule has 102 valence electrons. The van der Waals surface area contributed by atoms with E-state index in [9.17, 15) is 14.7 Å². The Morgan fingerprint density at radius 2 is 1.72 bits per heavy atom. The van der Waals surface area contributed by atoms with Crippen LogP contribution < -0.4 is 5.73 Å². The highest BCUT2D eigenvalue weighted by atomic mass is 16.6. The van der Waals surface area contributed by atoms with Gasteiger partial charge >= 0.3 is 11.9 Å². The first-order valence-electron chi connectivity index (χ1n) is 5.40. The highest BCUT2D eigenvalue weighted by Crippen LogP contribution is 2.16. The lowest BCUT2D eigenvalue weighted by molar-refractivity contribution is -0.164. The number of ether oxygens (including phenoxy) is 2. The molecular weight excluding hydrogens is 238 g/mol. The van der Waals surface area contributed by atoms with Crippen LogP contribution in [0.4, 0.5) is 0 Å². The fourth-order valence-electron chi connectivity index (χ4n) is 1.24. The molecule has 6 heteroatoms. The van der Waals surface area contributed by atoms with Crippen molar-refractivity contribution in [3.63, 3.8) is 0 Å². The predicted molar refractivity (Wildman–Crippen MR) is 65.3 cm³/mol. The lowest BCUT2D eigenvalue weighted by Crippen LogP contribution is -2.53. The molecule has 0 amide bonds. The van der Waals surface area contributed by atoms with E-state index < -0.39 is 29.9 Å². The smallest absolute Gasteiger partial charge is 0.330 e. The van der Waals surface area contributed by atoms with E-state index in [1.54, 1.807) is 6.92 Å². The molecule has 0 bridgehead atoms. The van der Waals surface area contributed by atoms with Gasteiger partial charge in [0.25, 0.3) is 0 Å². The zero-order chi connectivity index (χ0) is 14.3. The molecule has 0 fully saturated rings. The average Bonchev–Trinajstić information content (AvgIpc) is 2.27. The van der Waals surface area contributed by atoms with E-state index >= 15 is 0 Å². The minimum absolute atomic E-state index is 0.0851. The molecule has 3 N–H and O–H groups in total. The van der Waals surface area contributed by atoms with Crippen LogP contribution in [0.15, 0.2) is 25.3 Å². The van der Waals surface area contributed by atoms with E-state index in [4.69, 9.17) is 15.2 Å². The van der Waals surface area contributed by atoms with E-state index in [2.05, 4.69) is 13.2 Å². The third kappa shape index (κ3) is 5.60. The zero-order valence-corrected chi connectivity index (χ0v) is 10.6. The number of carbonyl (C=O) groups excluding carboxylic acids is 2. The summed E-state index contributed by atoms with van der Waals surface area (Å²) in [6, 6.07) is 0. The summed E-state index contributed by atoms with van der Waals surface area (Å²) in [7, 11) is 0. The second-order valence-corrected chi connectivity index (χ2v) is 3.93. The zero-order valence-electron chi connectivity index (χ0n) is 10.6. The fourth-order valence-corrected chi connectivity index (χ4v) is 1.24. The molecule has 3 unspecified atom stereocenters. The van der Waals surface area contributed by atoms with Gasteiger partial charge in [0.2, 0.25) is 0 Å². The van der Waals surface area contributed by atoms with Gasteiger partial charge in [-0.15, -0.1) is 0 Å². The normalized spacial score (nSPS) is 16.9. The molecule has 18 heavy (non-hydrogen) atoms. The summed E-state index contributed by atoms with van der Waals surface area (Å²) in [5, 5.41) is 9.93. The van der Waals surface area contributed by atoms with Crippen molar-refractivity contribution in [3.8, 4) is 0 Å². The van der Waals surface area contributed by atoms with Gasteiger partial charge in [0.15, 0.2) is 5.72 Å². The van der Waals surface area contributed by atoms with Gasteiger partial charge in [-0.3, -0.25) is 0 Å². The summed E-state index contributed by atoms with van der Waals surface area (Å²) in [6.45, 7) is 9.47. The Morgan fingerprint density at radius 3 is 2.17 bits per heavy atom. The van der Waals surface area contributed by atoms with Crippen LogP contribution in [0, 0.1) is 0 Å². The standard InChI is InChI=1S/C12H19NO5/c1-5-10(14)17-8(3)7-12(13,16)9(4)18-11(15)6-2/h5-6,8-9,16H,1-2,7,13H2,3-4H3. The fraction of sp³-hybridized carbons (Fsp3) is 0.500. The number of esters is 2. The van der Waals surface area contributed by atoms with Gasteiger partial charge in [-0.2, -0.15) is 0 Å². The minimum Gasteiger partial charge on any atom is -0.459 e. The minimum atomic E-state index is -1.81. The van der Waals surface area contributed by atoms with Crippen molar-refractivity contribution in [2.24, 2.45) is 5.73 Å². The second-order valence-electron chi connectivity index (χ2n) is 3.93. The van der Waals surface area contributed by atoms with Crippen LogP contribution in [0.3, 0.4) is 0 Å². The molecule has 0 rings (SSSR count). The van der Waals surface area contributed by atoms with E-state index in [0.29, 0.717) is 0 Å². The molecular formula is C12H19NO5. The highest BCUT2D eigenvalue weighted by molar-refractivity contribution is 5.81. The first-order valence-corrected chi connectivity index (χ1v) is 5.40. The predicted octanol–water partition coefficient (Wildman–Crippen LogP) is 0.259. The molecule has 0 heterocycles. The lowest BCUT2D eigenvalue weighted by Gasteiger charge is -2.31. The van der Waals surface area contributed by atoms with Crippen LogP contribution in [-0.2, 0) is 19.1 Å². The van der Waals surface area contributed by atoms with Gasteiger partial charge in [0.05, 0.1) is 0 Å². The first kappa shape index (κ1) is 16.3. The van der Waals surface area contributed by atoms with Crippen LogP contribution in [0.5, 0.6) is 0 Å². The van der Waals surface area contributed by atoms with E-state index in [0.717, 1.165) is 12.2 Å². The van der Waals surface area contributed by atoms with Crippen molar-refractivity contribution in [2.45, 2.75) is 38.2 Å². The molecule has 0 saturated carbocycles. The maximum absolute atomic E-state index is 11.0. The van der Waals surface area contributed by atoms with Gasteiger partial charge < -0.3 is 20.3 Å². The van der Waals surface area contributed by atoms with Gasteiger partial charge in [0.1, 0.15) is 12.2 Å². The Morgan fingerprint density at radius 1 is 1.28 bits per heavy atom. The van der Waals surface area contributed by atoms with Crippen molar-refractivity contribution in [1.29, 1.82) is 0 Å². The highest BCUT2D eigenvalue weighted by Gasteiger charge is 2.34. The number of hydrogen-bond acceptors (Lipinski definition) is 6. The molecule has 0 aromatic heterocycles. The topological polar surface area (TPSA) is 98.8 Å². The van der Waals surface area contributed by atoms with Crippen molar-refractivity contribution in [3.05, 3.63) is 25.3 Å². The maximum Gasteiger partial charge on any atom is 0.330 e. The largest absolute Gasteiger partial charge is 0.459 e. The summed E-state index contributed by atoms with van der Waals surface area (Å²) in [4.78, 5) is 21.9. The molecule has 0 aliphatic carbocycles. The van der Waals surface area contributed by atoms with Crippen LogP contribution >= 0.6 is 0 Å². The Hall–Kier alpha value is -1.66. The third-order valence-electron chi connectivity index (χ3n) is 2.26. The van der Waals surface area contributed by atoms with Crippen molar-refractivity contribution >= 4 is 11.9 Å². The van der Waals surface area contributed by atoms with Gasteiger partial charge in [0, 0.05) is 18.6 Å². The number of aliphatic hydroxyl groups is 1. The van der Waals surface area contributed by atoms with Crippen LogP contribution in [0.25, 0.3) is 0 Å². The molecule has 0 saturated heterocycles. The van der Waals surface area contributed by atoms with Gasteiger partial charge in [-0.25, -0.2) is 9.59 Å². The Labute approximate surface area is 106 Å². The summed E-state index contributed by atoms with van der Waals surface area (Å²) >= 11 is 0. The molecule has 0 aromatic rings. The van der Waals surface area contributed by atoms with Gasteiger partial charge in [-0.05, 0) is 13.8 Å². The molecule has 0 spiro atoms. The SMILES string of the molecule is C=CC(=O)OC(C)CC(N)(O)C(C)OC(=O)C=C. The number of carbonyl (C=O) groups is 2. The monoisotopic (exact) mass is 257 g/mol. The number of nitrogens with two attached hydrogens (primary N) is 1. The van der Waals surface area contributed by atoms with Crippen molar-refractivity contribution in [2.75, 3.05) is 0 Å². The summed E-state index contributed by atoms with van der Waals surface area (Å²) in [5.41, 5.74) is 3.80. The quantitative estimate of drug-likeness (QED) is 0.385. The Balaban J connectivity index is 4.43.